The first-order chi connectivity index (χ1) is 9.40. The number of hydrogen-bond donors (Lipinski definition) is 0. The number of pyridine rings is 1. The lowest BCUT2D eigenvalue weighted by atomic mass is 10.1. The number of fused-ring (bicyclic) bond motifs is 5. The molecule has 0 radical (unpaired) electrons. The number of aromatic nitrogens is 2. The molecule has 2 heteroatoms. The predicted molar refractivity (Wildman–Crippen MR) is 80.4 cm³/mol. The third-order valence-corrected chi connectivity index (χ3v) is 3.82. The highest BCUT2D eigenvalue weighted by Crippen LogP contribution is 2.32. The molecule has 0 spiro atoms. The summed E-state index contributed by atoms with van der Waals surface area (Å²) in [5.41, 5.74) is 2.35. The van der Waals surface area contributed by atoms with Gasteiger partial charge in [-0.15, -0.1) is 0 Å². The SMILES string of the molecule is CCn1c2ccccc2c2c3ccccc3cnc21. The number of benzene rings is 2. The number of hydrogen-bond acceptors (Lipinski definition) is 1. The van der Waals surface area contributed by atoms with Gasteiger partial charge in [0, 0.05) is 28.9 Å². The zero-order chi connectivity index (χ0) is 12.8. The second kappa shape index (κ2) is 3.82. The molecule has 0 atom stereocenters. The van der Waals surface area contributed by atoms with Gasteiger partial charge in [-0.25, -0.2) is 4.98 Å². The molecule has 2 aromatic heterocycles. The van der Waals surface area contributed by atoms with Crippen LogP contribution in [0.2, 0.25) is 0 Å². The van der Waals surface area contributed by atoms with Gasteiger partial charge in [0.15, 0.2) is 0 Å². The van der Waals surface area contributed by atoms with E-state index in [9.17, 15) is 0 Å². The molecule has 0 aliphatic carbocycles. The van der Waals surface area contributed by atoms with E-state index in [1.165, 1.54) is 27.1 Å². The van der Waals surface area contributed by atoms with Crippen LogP contribution >= 0.6 is 0 Å². The average Bonchev–Trinajstić information content (AvgIpc) is 2.81. The van der Waals surface area contributed by atoms with E-state index in [4.69, 9.17) is 0 Å². The van der Waals surface area contributed by atoms with E-state index in [-0.39, 0.29) is 0 Å². The monoisotopic (exact) mass is 246 g/mol. The highest BCUT2D eigenvalue weighted by atomic mass is 15.0. The van der Waals surface area contributed by atoms with Gasteiger partial charge in [0.25, 0.3) is 0 Å². The van der Waals surface area contributed by atoms with Crippen molar-refractivity contribution < 1.29 is 0 Å². The minimum atomic E-state index is 0.940. The summed E-state index contributed by atoms with van der Waals surface area (Å²) < 4.78 is 2.29. The van der Waals surface area contributed by atoms with Crippen LogP contribution in [0, 0.1) is 0 Å². The van der Waals surface area contributed by atoms with Crippen LogP contribution in [-0.2, 0) is 6.54 Å². The van der Waals surface area contributed by atoms with E-state index < -0.39 is 0 Å². The molecule has 92 valence electrons. The van der Waals surface area contributed by atoms with Crippen molar-refractivity contribution in [2.75, 3.05) is 0 Å². The molecule has 0 N–H and O–H groups in total. The zero-order valence-electron chi connectivity index (χ0n) is 10.8. The maximum absolute atomic E-state index is 4.68. The fraction of sp³-hybridized carbons (Fsp3) is 0.118. The average molecular weight is 246 g/mol. The molecule has 0 unspecified atom stereocenters. The molecule has 4 aromatic rings. The Morgan fingerprint density at radius 1 is 0.947 bits per heavy atom. The van der Waals surface area contributed by atoms with Crippen molar-refractivity contribution in [3.05, 3.63) is 54.7 Å². The first kappa shape index (κ1) is 10.6. The molecule has 2 nitrogen and oxygen atoms in total. The smallest absolute Gasteiger partial charge is 0.141 e. The summed E-state index contributed by atoms with van der Waals surface area (Å²) in [5.74, 6) is 0. The molecule has 0 fully saturated rings. The molecule has 0 amide bonds. The Hall–Kier alpha value is -2.35. The topological polar surface area (TPSA) is 17.8 Å². The molecule has 0 aliphatic rings. The van der Waals surface area contributed by atoms with Gasteiger partial charge in [0.05, 0.1) is 5.52 Å². The molecule has 19 heavy (non-hydrogen) atoms. The molecule has 0 saturated carbocycles. The van der Waals surface area contributed by atoms with Gasteiger partial charge in [-0.2, -0.15) is 0 Å². The van der Waals surface area contributed by atoms with E-state index in [1.807, 2.05) is 6.20 Å². The van der Waals surface area contributed by atoms with Gasteiger partial charge < -0.3 is 4.57 Å². The quantitative estimate of drug-likeness (QED) is 0.488. The fourth-order valence-corrected chi connectivity index (χ4v) is 2.98. The lowest BCUT2D eigenvalue weighted by Crippen LogP contribution is -1.94. The van der Waals surface area contributed by atoms with Crippen LogP contribution in [0.3, 0.4) is 0 Å². The summed E-state index contributed by atoms with van der Waals surface area (Å²) in [6.07, 6.45) is 1.97. The van der Waals surface area contributed by atoms with Crippen molar-refractivity contribution in [1.82, 2.24) is 9.55 Å². The van der Waals surface area contributed by atoms with Crippen LogP contribution in [0.1, 0.15) is 6.92 Å². The number of para-hydroxylation sites is 1. The standard InChI is InChI=1S/C17H14N2/c1-2-19-15-10-6-5-9-14(15)16-13-8-4-3-7-12(13)11-18-17(16)19/h3-11H,2H2,1H3. The maximum Gasteiger partial charge on any atom is 0.141 e. The van der Waals surface area contributed by atoms with Gasteiger partial charge in [0.2, 0.25) is 0 Å². The molecular formula is C17H14N2. The summed E-state index contributed by atoms with van der Waals surface area (Å²) in [4.78, 5) is 4.68. The van der Waals surface area contributed by atoms with Crippen LogP contribution < -0.4 is 0 Å². The van der Waals surface area contributed by atoms with E-state index in [1.54, 1.807) is 0 Å². The molecule has 0 saturated heterocycles. The Labute approximate surface area is 111 Å². The number of aryl methyl sites for hydroxylation is 1. The maximum atomic E-state index is 4.68. The Balaban J connectivity index is 2.37. The summed E-state index contributed by atoms with van der Waals surface area (Å²) in [5, 5.41) is 5.06. The Bertz CT molecular complexity index is 903. The van der Waals surface area contributed by atoms with Crippen LogP contribution in [0.25, 0.3) is 32.7 Å². The van der Waals surface area contributed by atoms with Crippen molar-refractivity contribution in [2.24, 2.45) is 0 Å². The highest BCUT2D eigenvalue weighted by molar-refractivity contribution is 6.19. The molecule has 0 aliphatic heterocycles. The molecule has 2 heterocycles. The van der Waals surface area contributed by atoms with Gasteiger partial charge in [-0.05, 0) is 18.4 Å². The minimum Gasteiger partial charge on any atom is -0.326 e. The van der Waals surface area contributed by atoms with E-state index in [0.29, 0.717) is 0 Å². The minimum absolute atomic E-state index is 0.940. The van der Waals surface area contributed by atoms with Crippen molar-refractivity contribution in [1.29, 1.82) is 0 Å². The second-order valence-electron chi connectivity index (χ2n) is 4.81. The summed E-state index contributed by atoms with van der Waals surface area (Å²) in [6, 6.07) is 17.0. The first-order valence-corrected chi connectivity index (χ1v) is 6.65. The third kappa shape index (κ3) is 1.34. The Kier molecular flexibility index (Phi) is 2.12. The van der Waals surface area contributed by atoms with Crippen molar-refractivity contribution in [2.45, 2.75) is 13.5 Å². The lowest BCUT2D eigenvalue weighted by Gasteiger charge is -2.02. The zero-order valence-corrected chi connectivity index (χ0v) is 10.8. The lowest BCUT2D eigenvalue weighted by molar-refractivity contribution is 0.817. The van der Waals surface area contributed by atoms with Crippen molar-refractivity contribution in [3.63, 3.8) is 0 Å². The fourth-order valence-electron chi connectivity index (χ4n) is 2.98. The van der Waals surface area contributed by atoms with Gasteiger partial charge in [-0.3, -0.25) is 0 Å². The molecule has 4 rings (SSSR count). The van der Waals surface area contributed by atoms with E-state index in [2.05, 4.69) is 65.0 Å². The third-order valence-electron chi connectivity index (χ3n) is 3.82. The summed E-state index contributed by atoms with van der Waals surface area (Å²) >= 11 is 0. The van der Waals surface area contributed by atoms with Gasteiger partial charge >= 0.3 is 0 Å². The normalized spacial score (nSPS) is 11.6. The van der Waals surface area contributed by atoms with Crippen LogP contribution in [-0.4, -0.2) is 9.55 Å². The first-order valence-electron chi connectivity index (χ1n) is 6.65. The van der Waals surface area contributed by atoms with E-state index in [0.717, 1.165) is 12.2 Å². The predicted octanol–water partition coefficient (Wildman–Crippen LogP) is 4.36. The molecule has 2 aromatic carbocycles. The number of rotatable bonds is 1. The van der Waals surface area contributed by atoms with Crippen LogP contribution in [0.15, 0.2) is 54.7 Å². The van der Waals surface area contributed by atoms with E-state index >= 15 is 0 Å². The highest BCUT2D eigenvalue weighted by Gasteiger charge is 2.12. The Morgan fingerprint density at radius 3 is 2.53 bits per heavy atom. The largest absolute Gasteiger partial charge is 0.326 e. The van der Waals surface area contributed by atoms with Crippen molar-refractivity contribution in [3.8, 4) is 0 Å². The van der Waals surface area contributed by atoms with Gasteiger partial charge in [0.1, 0.15) is 5.65 Å². The van der Waals surface area contributed by atoms with Gasteiger partial charge in [-0.1, -0.05) is 42.5 Å². The molecular weight excluding hydrogens is 232 g/mol. The van der Waals surface area contributed by atoms with Crippen molar-refractivity contribution >= 4 is 32.7 Å². The van der Waals surface area contributed by atoms with Crippen LogP contribution in [0.4, 0.5) is 0 Å². The second-order valence-corrected chi connectivity index (χ2v) is 4.81. The Morgan fingerprint density at radius 2 is 1.68 bits per heavy atom. The molecule has 0 bridgehead atoms. The summed E-state index contributed by atoms with van der Waals surface area (Å²) in [6.45, 7) is 3.11. The van der Waals surface area contributed by atoms with Crippen LogP contribution in [0.5, 0.6) is 0 Å². The summed E-state index contributed by atoms with van der Waals surface area (Å²) in [7, 11) is 0. The number of nitrogens with zero attached hydrogens (tertiary/aromatic N) is 2.